The van der Waals surface area contributed by atoms with Crippen molar-refractivity contribution in [2.24, 2.45) is 5.73 Å². The quantitative estimate of drug-likeness (QED) is 0.902. The smallest absolute Gasteiger partial charge is 0.270 e. The van der Waals surface area contributed by atoms with Gasteiger partial charge in [-0.25, -0.2) is 0 Å². The number of aromatic nitrogens is 1. The van der Waals surface area contributed by atoms with E-state index in [0.717, 1.165) is 23.1 Å². The molecule has 0 spiro atoms. The molecule has 0 aliphatic carbocycles. The van der Waals surface area contributed by atoms with Crippen LogP contribution in [0.1, 0.15) is 36.8 Å². The maximum Gasteiger partial charge on any atom is 0.270 e. The molecule has 1 aromatic rings. The van der Waals surface area contributed by atoms with Crippen LogP contribution >= 0.6 is 28.3 Å². The van der Waals surface area contributed by atoms with Gasteiger partial charge >= 0.3 is 0 Å². The third-order valence-electron chi connectivity index (χ3n) is 3.10. The van der Waals surface area contributed by atoms with Gasteiger partial charge < -0.3 is 15.2 Å². The molecule has 1 fully saturated rings. The number of halogens is 2. The van der Waals surface area contributed by atoms with E-state index >= 15 is 0 Å². The van der Waals surface area contributed by atoms with Crippen LogP contribution in [-0.4, -0.2) is 34.5 Å². The van der Waals surface area contributed by atoms with Gasteiger partial charge in [-0.2, -0.15) is 0 Å². The minimum atomic E-state index is 0. The Hall–Kier alpha value is -0.520. The Morgan fingerprint density at radius 3 is 2.72 bits per heavy atom. The fourth-order valence-corrected chi connectivity index (χ4v) is 2.62. The molecule has 1 aromatic heterocycles. The second-order valence-corrected chi connectivity index (χ2v) is 5.76. The monoisotopic (exact) mass is 335 g/mol. The molecule has 0 radical (unpaired) electrons. The first-order valence-corrected chi connectivity index (χ1v) is 6.70. The van der Waals surface area contributed by atoms with Gasteiger partial charge in [-0.1, -0.05) is 0 Å². The minimum absolute atomic E-state index is 0. The molecular weight excluding hydrogens is 318 g/mol. The number of hydrogen-bond donors (Lipinski definition) is 1. The molecule has 0 saturated carbocycles. The highest BCUT2D eigenvalue weighted by atomic mass is 79.9. The molecule has 2 N–H and O–H groups in total. The highest BCUT2D eigenvalue weighted by Gasteiger charge is 2.27. The van der Waals surface area contributed by atoms with Crippen molar-refractivity contribution in [2.45, 2.75) is 32.4 Å². The van der Waals surface area contributed by atoms with Crippen molar-refractivity contribution in [2.75, 3.05) is 13.1 Å². The lowest BCUT2D eigenvalue weighted by atomic mass is 10.3. The lowest BCUT2D eigenvalue weighted by molar-refractivity contribution is 0.0778. The summed E-state index contributed by atoms with van der Waals surface area (Å²) in [4.78, 5) is 14.2. The normalized spacial score (nSPS) is 19.2. The predicted molar refractivity (Wildman–Crippen MR) is 78.3 cm³/mol. The maximum atomic E-state index is 12.4. The number of nitrogens with two attached hydrogens (primary N) is 1. The number of amides is 1. The molecule has 1 aliphatic rings. The Balaban J connectivity index is 0.00000162. The van der Waals surface area contributed by atoms with E-state index in [4.69, 9.17) is 5.73 Å². The van der Waals surface area contributed by atoms with Gasteiger partial charge in [0, 0.05) is 35.8 Å². The first-order valence-electron chi connectivity index (χ1n) is 5.91. The number of likely N-dealkylation sites (tertiary alicyclic amines) is 1. The van der Waals surface area contributed by atoms with Gasteiger partial charge in [0.05, 0.1) is 0 Å². The molecule has 1 amide bonds. The topological polar surface area (TPSA) is 51.3 Å². The number of rotatable bonds is 2. The number of hydrogen-bond acceptors (Lipinski definition) is 2. The highest BCUT2D eigenvalue weighted by Crippen LogP contribution is 2.22. The molecule has 1 saturated heterocycles. The van der Waals surface area contributed by atoms with E-state index in [1.807, 2.05) is 21.7 Å². The van der Waals surface area contributed by atoms with E-state index in [1.54, 1.807) is 0 Å². The first-order chi connectivity index (χ1) is 7.99. The van der Waals surface area contributed by atoms with Gasteiger partial charge in [0.2, 0.25) is 0 Å². The third kappa shape index (κ3) is 3.08. The Labute approximate surface area is 122 Å². The maximum absolute atomic E-state index is 12.4. The molecule has 2 rings (SSSR count). The summed E-state index contributed by atoms with van der Waals surface area (Å²) in [6.45, 7) is 5.57. The van der Waals surface area contributed by atoms with Crippen molar-refractivity contribution in [1.29, 1.82) is 0 Å². The average molecular weight is 337 g/mol. The zero-order chi connectivity index (χ0) is 12.6. The summed E-state index contributed by atoms with van der Waals surface area (Å²) in [6.07, 6.45) is 2.85. The zero-order valence-electron chi connectivity index (χ0n) is 10.6. The van der Waals surface area contributed by atoms with Crippen LogP contribution in [-0.2, 0) is 0 Å². The summed E-state index contributed by atoms with van der Waals surface area (Å²) in [5.41, 5.74) is 6.57. The molecule has 6 heteroatoms. The van der Waals surface area contributed by atoms with Gasteiger partial charge in [-0.15, -0.1) is 12.4 Å². The van der Waals surface area contributed by atoms with Crippen molar-refractivity contribution in [1.82, 2.24) is 9.47 Å². The first kappa shape index (κ1) is 15.5. The summed E-state index contributed by atoms with van der Waals surface area (Å²) >= 11 is 3.42. The molecule has 2 heterocycles. The Morgan fingerprint density at radius 2 is 2.22 bits per heavy atom. The molecule has 4 nitrogen and oxygen atoms in total. The second-order valence-electron chi connectivity index (χ2n) is 4.84. The third-order valence-corrected chi connectivity index (χ3v) is 3.54. The molecule has 1 atom stereocenters. The van der Waals surface area contributed by atoms with E-state index in [-0.39, 0.29) is 30.4 Å². The number of carbonyl (C=O) groups excluding carboxylic acids is 1. The average Bonchev–Trinajstić information content (AvgIpc) is 2.83. The lowest BCUT2D eigenvalue weighted by Crippen LogP contribution is -2.33. The summed E-state index contributed by atoms with van der Waals surface area (Å²) in [7, 11) is 0. The molecule has 0 bridgehead atoms. The largest absolute Gasteiger partial charge is 0.340 e. The van der Waals surface area contributed by atoms with Gasteiger partial charge in [-0.05, 0) is 42.3 Å². The highest BCUT2D eigenvalue weighted by molar-refractivity contribution is 9.10. The van der Waals surface area contributed by atoms with Crippen LogP contribution in [0.25, 0.3) is 0 Å². The summed E-state index contributed by atoms with van der Waals surface area (Å²) < 4.78 is 2.94. The minimum Gasteiger partial charge on any atom is -0.340 e. The molecule has 1 aliphatic heterocycles. The van der Waals surface area contributed by atoms with Crippen LogP contribution in [0, 0.1) is 0 Å². The zero-order valence-corrected chi connectivity index (χ0v) is 13.0. The van der Waals surface area contributed by atoms with Gasteiger partial charge in [-0.3, -0.25) is 4.79 Å². The van der Waals surface area contributed by atoms with Crippen LogP contribution < -0.4 is 5.73 Å². The van der Waals surface area contributed by atoms with E-state index in [9.17, 15) is 4.79 Å². The van der Waals surface area contributed by atoms with E-state index in [0.29, 0.717) is 6.54 Å². The molecular formula is C12H19BrClN3O. The lowest BCUT2D eigenvalue weighted by Gasteiger charge is -2.18. The van der Waals surface area contributed by atoms with Crippen molar-refractivity contribution >= 4 is 34.2 Å². The predicted octanol–water partition coefficient (Wildman–Crippen LogP) is 2.43. The summed E-state index contributed by atoms with van der Waals surface area (Å²) in [5.74, 6) is 0.0809. The molecule has 18 heavy (non-hydrogen) atoms. The summed E-state index contributed by atoms with van der Waals surface area (Å²) in [5, 5.41) is 0. The van der Waals surface area contributed by atoms with E-state index in [2.05, 4.69) is 29.8 Å². The van der Waals surface area contributed by atoms with Gasteiger partial charge in [0.15, 0.2) is 0 Å². The van der Waals surface area contributed by atoms with Crippen molar-refractivity contribution in [3.05, 3.63) is 22.4 Å². The van der Waals surface area contributed by atoms with Gasteiger partial charge in [0.25, 0.3) is 5.91 Å². The molecule has 0 unspecified atom stereocenters. The molecule has 102 valence electrons. The fraction of sp³-hybridized carbons (Fsp3) is 0.583. The van der Waals surface area contributed by atoms with Crippen molar-refractivity contribution in [3.8, 4) is 0 Å². The summed E-state index contributed by atoms with van der Waals surface area (Å²) in [6, 6.07) is 2.29. The number of carbonyl (C=O) groups is 1. The Morgan fingerprint density at radius 1 is 1.56 bits per heavy atom. The fourth-order valence-electron chi connectivity index (χ4n) is 2.18. The SMILES string of the molecule is CC(C)n1cc(Br)cc1C(=O)N1CC[C@H](N)C1.Cl. The number of nitrogens with zero attached hydrogens (tertiary/aromatic N) is 2. The van der Waals surface area contributed by atoms with Crippen LogP contribution in [0.4, 0.5) is 0 Å². The Kier molecular flexibility index (Phi) is 5.25. The van der Waals surface area contributed by atoms with Crippen LogP contribution in [0.15, 0.2) is 16.7 Å². The van der Waals surface area contributed by atoms with Crippen molar-refractivity contribution in [3.63, 3.8) is 0 Å². The van der Waals surface area contributed by atoms with Gasteiger partial charge in [0.1, 0.15) is 5.69 Å². The standard InChI is InChI=1S/C12H18BrN3O.ClH/c1-8(2)16-6-9(13)5-11(16)12(17)15-4-3-10(14)7-15;/h5-6,8,10H,3-4,7,14H2,1-2H3;1H/t10-;/m0./s1. The van der Waals surface area contributed by atoms with Crippen LogP contribution in [0.2, 0.25) is 0 Å². The van der Waals surface area contributed by atoms with E-state index < -0.39 is 0 Å². The Bertz CT molecular complexity index is 433. The van der Waals surface area contributed by atoms with Crippen LogP contribution in [0.5, 0.6) is 0 Å². The van der Waals surface area contributed by atoms with Crippen molar-refractivity contribution < 1.29 is 4.79 Å². The van der Waals surface area contributed by atoms with E-state index in [1.165, 1.54) is 0 Å². The molecule has 0 aromatic carbocycles. The second kappa shape index (κ2) is 6.08. The van der Waals surface area contributed by atoms with Crippen LogP contribution in [0.3, 0.4) is 0 Å².